The van der Waals surface area contributed by atoms with Gasteiger partial charge in [0.1, 0.15) is 5.82 Å². The van der Waals surface area contributed by atoms with Gasteiger partial charge in [0.2, 0.25) is 0 Å². The number of hydrogen-bond donors (Lipinski definition) is 1. The van der Waals surface area contributed by atoms with E-state index in [0.717, 1.165) is 25.6 Å². The third-order valence-electron chi connectivity index (χ3n) is 3.58. The number of nitrogens with one attached hydrogen (secondary N) is 1. The lowest BCUT2D eigenvalue weighted by Gasteiger charge is -2.22. The SMILES string of the molecule is CCN1CCC[C@@H]1CNC(=O)c1ccc(F)cc1Cl. The summed E-state index contributed by atoms with van der Waals surface area (Å²) in [5, 5.41) is 3.03. The van der Waals surface area contributed by atoms with Gasteiger partial charge < -0.3 is 5.32 Å². The summed E-state index contributed by atoms with van der Waals surface area (Å²) in [6.45, 7) is 4.82. The first kappa shape index (κ1) is 14.3. The number of hydrogen-bond acceptors (Lipinski definition) is 2. The van der Waals surface area contributed by atoms with Gasteiger partial charge in [-0.2, -0.15) is 0 Å². The number of amides is 1. The molecule has 1 aliphatic heterocycles. The lowest BCUT2D eigenvalue weighted by atomic mass is 10.2. The van der Waals surface area contributed by atoms with Gasteiger partial charge in [0, 0.05) is 12.6 Å². The number of benzene rings is 1. The minimum absolute atomic E-state index is 0.149. The molecular weight excluding hydrogens is 267 g/mol. The van der Waals surface area contributed by atoms with Crippen molar-refractivity contribution < 1.29 is 9.18 Å². The summed E-state index contributed by atoms with van der Waals surface area (Å²) in [5.41, 5.74) is 0.323. The normalized spacial score (nSPS) is 19.6. The van der Waals surface area contributed by atoms with Crippen LogP contribution in [0.25, 0.3) is 0 Å². The van der Waals surface area contributed by atoms with Crippen molar-refractivity contribution in [3.05, 3.63) is 34.6 Å². The molecule has 1 amide bonds. The summed E-state index contributed by atoms with van der Waals surface area (Å²) in [6, 6.07) is 4.21. The van der Waals surface area contributed by atoms with Crippen molar-refractivity contribution in [2.75, 3.05) is 19.6 Å². The van der Waals surface area contributed by atoms with Crippen LogP contribution in [-0.2, 0) is 0 Å². The predicted octanol–water partition coefficient (Wildman–Crippen LogP) is 2.69. The molecule has 3 nitrogen and oxygen atoms in total. The van der Waals surface area contributed by atoms with Crippen LogP contribution >= 0.6 is 11.6 Å². The minimum Gasteiger partial charge on any atom is -0.350 e. The van der Waals surface area contributed by atoms with Crippen LogP contribution in [0.5, 0.6) is 0 Å². The van der Waals surface area contributed by atoms with Crippen LogP contribution in [0.1, 0.15) is 30.1 Å². The van der Waals surface area contributed by atoms with E-state index in [1.807, 2.05) is 0 Å². The second-order valence-corrected chi connectivity index (χ2v) is 5.17. The van der Waals surface area contributed by atoms with Gasteiger partial charge in [-0.25, -0.2) is 4.39 Å². The molecule has 1 saturated heterocycles. The van der Waals surface area contributed by atoms with E-state index >= 15 is 0 Å². The number of likely N-dealkylation sites (tertiary alicyclic amines) is 1. The molecule has 0 bridgehead atoms. The van der Waals surface area contributed by atoms with Crippen molar-refractivity contribution in [1.82, 2.24) is 10.2 Å². The maximum absolute atomic E-state index is 12.9. The monoisotopic (exact) mass is 284 g/mol. The van der Waals surface area contributed by atoms with Crippen LogP contribution in [0.15, 0.2) is 18.2 Å². The number of likely N-dealkylation sites (N-methyl/N-ethyl adjacent to an activating group) is 1. The summed E-state index contributed by atoms with van der Waals surface area (Å²) in [5.74, 6) is -0.678. The zero-order valence-electron chi connectivity index (χ0n) is 11.0. The average molecular weight is 285 g/mol. The van der Waals surface area contributed by atoms with E-state index in [1.54, 1.807) is 0 Å². The Morgan fingerprint density at radius 2 is 2.37 bits per heavy atom. The number of carbonyl (C=O) groups excluding carboxylic acids is 1. The molecule has 0 radical (unpaired) electrons. The Kier molecular flexibility index (Phi) is 4.77. The van der Waals surface area contributed by atoms with E-state index in [2.05, 4.69) is 17.1 Å². The average Bonchev–Trinajstić information content (AvgIpc) is 2.83. The quantitative estimate of drug-likeness (QED) is 0.922. The molecule has 0 aromatic heterocycles. The summed E-state index contributed by atoms with van der Waals surface area (Å²) < 4.78 is 12.9. The first-order chi connectivity index (χ1) is 9.11. The Labute approximate surface area is 117 Å². The highest BCUT2D eigenvalue weighted by atomic mass is 35.5. The molecule has 1 aromatic carbocycles. The van der Waals surface area contributed by atoms with Gasteiger partial charge in [-0.15, -0.1) is 0 Å². The van der Waals surface area contributed by atoms with Gasteiger partial charge in [-0.3, -0.25) is 9.69 Å². The largest absolute Gasteiger partial charge is 0.350 e. The summed E-state index contributed by atoms with van der Waals surface area (Å²) in [4.78, 5) is 14.3. The van der Waals surface area contributed by atoms with E-state index in [1.165, 1.54) is 18.6 Å². The predicted molar refractivity (Wildman–Crippen MR) is 74.0 cm³/mol. The van der Waals surface area contributed by atoms with Crippen molar-refractivity contribution >= 4 is 17.5 Å². The Bertz CT molecular complexity index is 467. The standard InChI is InChI=1S/C14H18ClFN2O/c1-2-18-7-3-4-11(18)9-17-14(19)12-6-5-10(16)8-13(12)15/h5-6,8,11H,2-4,7,9H2,1H3,(H,17,19)/t11-/m1/s1. The first-order valence-corrected chi connectivity index (χ1v) is 6.97. The van der Waals surface area contributed by atoms with Gasteiger partial charge in [-0.05, 0) is 44.1 Å². The van der Waals surface area contributed by atoms with Crippen LogP contribution in [0.4, 0.5) is 4.39 Å². The molecular formula is C14H18ClFN2O. The van der Waals surface area contributed by atoms with E-state index in [4.69, 9.17) is 11.6 Å². The number of rotatable bonds is 4. The zero-order valence-corrected chi connectivity index (χ0v) is 11.7. The first-order valence-electron chi connectivity index (χ1n) is 6.59. The molecule has 19 heavy (non-hydrogen) atoms. The third kappa shape index (κ3) is 3.45. The molecule has 1 atom stereocenters. The molecule has 1 fully saturated rings. The van der Waals surface area contributed by atoms with Crippen molar-refractivity contribution in [3.63, 3.8) is 0 Å². The fourth-order valence-corrected chi connectivity index (χ4v) is 2.78. The number of nitrogens with zero attached hydrogens (tertiary/aromatic N) is 1. The van der Waals surface area contributed by atoms with E-state index in [9.17, 15) is 9.18 Å². The molecule has 104 valence electrons. The lowest BCUT2D eigenvalue weighted by molar-refractivity contribution is 0.0941. The maximum Gasteiger partial charge on any atom is 0.252 e. The number of halogens is 2. The molecule has 1 N–H and O–H groups in total. The highest BCUT2D eigenvalue weighted by Gasteiger charge is 2.23. The number of carbonyl (C=O) groups is 1. The Hall–Kier alpha value is -1.13. The Balaban J connectivity index is 1.94. The second-order valence-electron chi connectivity index (χ2n) is 4.76. The molecule has 1 aliphatic rings. The molecule has 1 aromatic rings. The molecule has 2 rings (SSSR count). The van der Waals surface area contributed by atoms with Crippen molar-refractivity contribution in [2.45, 2.75) is 25.8 Å². The highest BCUT2D eigenvalue weighted by molar-refractivity contribution is 6.33. The minimum atomic E-state index is -0.436. The third-order valence-corrected chi connectivity index (χ3v) is 3.89. The smallest absolute Gasteiger partial charge is 0.252 e. The summed E-state index contributed by atoms with van der Waals surface area (Å²) in [6.07, 6.45) is 2.27. The van der Waals surface area contributed by atoms with Crippen LogP contribution in [0.3, 0.4) is 0 Å². The zero-order chi connectivity index (χ0) is 13.8. The van der Waals surface area contributed by atoms with Crippen molar-refractivity contribution in [1.29, 1.82) is 0 Å². The van der Waals surface area contributed by atoms with E-state index in [0.29, 0.717) is 18.2 Å². The van der Waals surface area contributed by atoms with Gasteiger partial charge >= 0.3 is 0 Å². The Morgan fingerprint density at radius 1 is 1.58 bits per heavy atom. The van der Waals surface area contributed by atoms with E-state index in [-0.39, 0.29) is 10.9 Å². The van der Waals surface area contributed by atoms with Crippen molar-refractivity contribution in [2.24, 2.45) is 0 Å². The maximum atomic E-state index is 12.9. The van der Waals surface area contributed by atoms with Crippen LogP contribution < -0.4 is 5.32 Å². The van der Waals surface area contributed by atoms with Gasteiger partial charge in [0.05, 0.1) is 10.6 Å². The van der Waals surface area contributed by atoms with Gasteiger partial charge in [-0.1, -0.05) is 18.5 Å². The van der Waals surface area contributed by atoms with Crippen molar-refractivity contribution in [3.8, 4) is 0 Å². The summed E-state index contributed by atoms with van der Waals surface area (Å²) >= 11 is 5.86. The molecule has 1 heterocycles. The van der Waals surface area contributed by atoms with Crippen LogP contribution in [0.2, 0.25) is 5.02 Å². The fraction of sp³-hybridized carbons (Fsp3) is 0.500. The highest BCUT2D eigenvalue weighted by Crippen LogP contribution is 2.18. The molecule has 0 spiro atoms. The van der Waals surface area contributed by atoms with Crippen LogP contribution in [-0.4, -0.2) is 36.5 Å². The molecule has 0 saturated carbocycles. The second kappa shape index (κ2) is 6.35. The summed E-state index contributed by atoms with van der Waals surface area (Å²) in [7, 11) is 0. The fourth-order valence-electron chi connectivity index (χ4n) is 2.52. The van der Waals surface area contributed by atoms with Gasteiger partial charge in [0.15, 0.2) is 0 Å². The van der Waals surface area contributed by atoms with E-state index < -0.39 is 5.82 Å². The Morgan fingerprint density at radius 3 is 3.05 bits per heavy atom. The van der Waals surface area contributed by atoms with Crippen LogP contribution in [0, 0.1) is 5.82 Å². The molecule has 0 unspecified atom stereocenters. The molecule has 0 aliphatic carbocycles. The lowest BCUT2D eigenvalue weighted by Crippen LogP contribution is -2.40. The topological polar surface area (TPSA) is 32.3 Å². The molecule has 5 heteroatoms. The van der Waals surface area contributed by atoms with Gasteiger partial charge in [0.25, 0.3) is 5.91 Å².